The largest absolute Gasteiger partial charge is 0.383 e. The molecule has 0 heterocycles. The SMILES string of the molecule is COCCNc1ccc([N+](=O)[O-])cc1[N+](=O)[O-]. The summed E-state index contributed by atoms with van der Waals surface area (Å²) in [7, 11) is 1.51. The monoisotopic (exact) mass is 241 g/mol. The summed E-state index contributed by atoms with van der Waals surface area (Å²) in [5.41, 5.74) is -0.401. The van der Waals surface area contributed by atoms with Crippen LogP contribution in [-0.4, -0.2) is 30.1 Å². The van der Waals surface area contributed by atoms with Crippen LogP contribution in [0.3, 0.4) is 0 Å². The molecule has 1 N–H and O–H groups in total. The third kappa shape index (κ3) is 3.38. The molecule has 1 aromatic carbocycles. The van der Waals surface area contributed by atoms with E-state index in [0.29, 0.717) is 13.2 Å². The lowest BCUT2D eigenvalue weighted by Crippen LogP contribution is -2.09. The van der Waals surface area contributed by atoms with Crippen molar-refractivity contribution in [3.8, 4) is 0 Å². The fraction of sp³-hybridized carbons (Fsp3) is 0.333. The van der Waals surface area contributed by atoms with Crippen molar-refractivity contribution in [1.29, 1.82) is 0 Å². The fourth-order valence-electron chi connectivity index (χ4n) is 1.22. The van der Waals surface area contributed by atoms with E-state index in [0.717, 1.165) is 6.07 Å². The molecule has 1 rings (SSSR count). The summed E-state index contributed by atoms with van der Waals surface area (Å²) in [6.45, 7) is 0.767. The second-order valence-electron chi connectivity index (χ2n) is 3.14. The molecule has 17 heavy (non-hydrogen) atoms. The van der Waals surface area contributed by atoms with E-state index in [1.54, 1.807) is 0 Å². The summed E-state index contributed by atoms with van der Waals surface area (Å²) >= 11 is 0. The van der Waals surface area contributed by atoms with Gasteiger partial charge in [0.15, 0.2) is 0 Å². The van der Waals surface area contributed by atoms with Crippen molar-refractivity contribution in [1.82, 2.24) is 0 Å². The van der Waals surface area contributed by atoms with E-state index >= 15 is 0 Å². The number of rotatable bonds is 6. The second-order valence-corrected chi connectivity index (χ2v) is 3.14. The predicted molar refractivity (Wildman–Crippen MR) is 60.1 cm³/mol. The third-order valence-electron chi connectivity index (χ3n) is 2.01. The Bertz CT molecular complexity index is 435. The Morgan fingerprint density at radius 3 is 2.53 bits per heavy atom. The molecule has 0 aliphatic rings. The van der Waals surface area contributed by atoms with E-state index in [-0.39, 0.29) is 17.1 Å². The van der Waals surface area contributed by atoms with Crippen LogP contribution >= 0.6 is 0 Å². The van der Waals surface area contributed by atoms with Gasteiger partial charge in [-0.05, 0) is 6.07 Å². The minimum Gasteiger partial charge on any atom is -0.383 e. The number of nitro groups is 2. The standard InChI is InChI=1S/C9H11N3O5/c1-17-5-4-10-8-3-2-7(11(13)14)6-9(8)12(15)16/h2-3,6,10H,4-5H2,1H3. The number of hydrogen-bond donors (Lipinski definition) is 1. The van der Waals surface area contributed by atoms with Crippen LogP contribution in [0.1, 0.15) is 0 Å². The Morgan fingerprint density at radius 2 is 2.00 bits per heavy atom. The Kier molecular flexibility index (Phi) is 4.35. The van der Waals surface area contributed by atoms with Crippen molar-refractivity contribution >= 4 is 17.1 Å². The topological polar surface area (TPSA) is 108 Å². The van der Waals surface area contributed by atoms with Gasteiger partial charge < -0.3 is 10.1 Å². The van der Waals surface area contributed by atoms with Crippen LogP contribution in [0.25, 0.3) is 0 Å². The minimum absolute atomic E-state index is 0.234. The number of anilines is 1. The molecular weight excluding hydrogens is 230 g/mol. The highest BCUT2D eigenvalue weighted by Gasteiger charge is 2.18. The van der Waals surface area contributed by atoms with Gasteiger partial charge in [0.25, 0.3) is 11.4 Å². The van der Waals surface area contributed by atoms with Crippen molar-refractivity contribution in [2.45, 2.75) is 0 Å². The Hall–Kier alpha value is -2.22. The highest BCUT2D eigenvalue weighted by molar-refractivity contribution is 5.65. The lowest BCUT2D eigenvalue weighted by atomic mass is 10.2. The quantitative estimate of drug-likeness (QED) is 0.460. The van der Waals surface area contributed by atoms with Crippen LogP contribution < -0.4 is 5.32 Å². The molecule has 0 aromatic heterocycles. The number of non-ortho nitro benzene ring substituents is 1. The van der Waals surface area contributed by atoms with Gasteiger partial charge in [-0.2, -0.15) is 0 Å². The van der Waals surface area contributed by atoms with Crippen LogP contribution in [0.15, 0.2) is 18.2 Å². The molecule has 1 aromatic rings. The number of hydrogen-bond acceptors (Lipinski definition) is 6. The highest BCUT2D eigenvalue weighted by atomic mass is 16.6. The fourth-order valence-corrected chi connectivity index (χ4v) is 1.22. The van der Waals surface area contributed by atoms with Crippen molar-refractivity contribution in [2.75, 3.05) is 25.6 Å². The smallest absolute Gasteiger partial charge is 0.299 e. The van der Waals surface area contributed by atoms with Crippen LogP contribution in [0.5, 0.6) is 0 Å². The molecule has 0 saturated heterocycles. The van der Waals surface area contributed by atoms with E-state index in [9.17, 15) is 20.2 Å². The van der Waals surface area contributed by atoms with Gasteiger partial charge in [-0.3, -0.25) is 20.2 Å². The molecule has 8 nitrogen and oxygen atoms in total. The maximum Gasteiger partial charge on any atom is 0.299 e. The third-order valence-corrected chi connectivity index (χ3v) is 2.01. The summed E-state index contributed by atoms with van der Waals surface area (Å²) < 4.78 is 4.79. The maximum atomic E-state index is 10.7. The highest BCUT2D eigenvalue weighted by Crippen LogP contribution is 2.28. The Balaban J connectivity index is 2.96. The van der Waals surface area contributed by atoms with Gasteiger partial charge in [0.2, 0.25) is 0 Å². The summed E-state index contributed by atoms with van der Waals surface area (Å²) in [5, 5.41) is 24.0. The second kappa shape index (κ2) is 5.75. The first-order valence-corrected chi connectivity index (χ1v) is 4.72. The van der Waals surface area contributed by atoms with Crippen molar-refractivity contribution in [3.63, 3.8) is 0 Å². The molecule has 0 spiro atoms. The molecule has 0 aliphatic carbocycles. The molecule has 92 valence electrons. The first-order valence-electron chi connectivity index (χ1n) is 4.72. The molecule has 0 amide bonds. The zero-order valence-corrected chi connectivity index (χ0v) is 9.08. The molecule has 0 fully saturated rings. The number of nitrogens with one attached hydrogen (secondary N) is 1. The van der Waals surface area contributed by atoms with E-state index in [4.69, 9.17) is 4.74 Å². The van der Waals surface area contributed by atoms with E-state index in [2.05, 4.69) is 5.32 Å². The number of ether oxygens (including phenoxy) is 1. The average Bonchev–Trinajstić information content (AvgIpc) is 2.29. The van der Waals surface area contributed by atoms with Crippen molar-refractivity contribution in [2.24, 2.45) is 0 Å². The number of nitrogens with zero attached hydrogens (tertiary/aromatic N) is 2. The molecule has 0 unspecified atom stereocenters. The maximum absolute atomic E-state index is 10.7. The van der Waals surface area contributed by atoms with Crippen LogP contribution in [-0.2, 0) is 4.74 Å². The average molecular weight is 241 g/mol. The summed E-state index contributed by atoms with van der Waals surface area (Å²) in [5.74, 6) is 0. The number of methoxy groups -OCH3 is 1. The Morgan fingerprint density at radius 1 is 1.29 bits per heavy atom. The van der Waals surface area contributed by atoms with Crippen LogP contribution in [0, 0.1) is 20.2 Å². The van der Waals surface area contributed by atoms with Crippen molar-refractivity contribution in [3.05, 3.63) is 38.4 Å². The van der Waals surface area contributed by atoms with E-state index in [1.807, 2.05) is 0 Å². The summed E-state index contributed by atoms with van der Waals surface area (Å²) in [6.07, 6.45) is 0. The molecule has 0 aliphatic heterocycles. The first kappa shape index (κ1) is 12.8. The van der Waals surface area contributed by atoms with E-state index < -0.39 is 9.85 Å². The van der Waals surface area contributed by atoms with Gasteiger partial charge in [0.1, 0.15) is 5.69 Å². The van der Waals surface area contributed by atoms with Crippen LogP contribution in [0.2, 0.25) is 0 Å². The molecule has 0 saturated carbocycles. The lowest BCUT2D eigenvalue weighted by molar-refractivity contribution is -0.393. The molecule has 8 heteroatoms. The zero-order valence-electron chi connectivity index (χ0n) is 9.08. The summed E-state index contributed by atoms with van der Waals surface area (Å²) in [6, 6.07) is 3.45. The molecule has 0 atom stereocenters. The van der Waals surface area contributed by atoms with Gasteiger partial charge in [-0.1, -0.05) is 0 Å². The van der Waals surface area contributed by atoms with Crippen LogP contribution in [0.4, 0.5) is 17.1 Å². The predicted octanol–water partition coefficient (Wildman–Crippen LogP) is 1.56. The number of benzene rings is 1. The van der Waals surface area contributed by atoms with Gasteiger partial charge >= 0.3 is 0 Å². The molecule has 0 bridgehead atoms. The lowest BCUT2D eigenvalue weighted by Gasteiger charge is -2.05. The zero-order chi connectivity index (χ0) is 12.8. The normalized spacial score (nSPS) is 9.94. The van der Waals surface area contributed by atoms with Gasteiger partial charge in [-0.25, -0.2) is 0 Å². The van der Waals surface area contributed by atoms with Crippen molar-refractivity contribution < 1.29 is 14.6 Å². The Labute approximate surface area is 96.5 Å². The van der Waals surface area contributed by atoms with Gasteiger partial charge in [0.05, 0.1) is 22.5 Å². The summed E-state index contributed by atoms with van der Waals surface area (Å²) in [4.78, 5) is 19.9. The molecular formula is C9H11N3O5. The molecule has 0 radical (unpaired) electrons. The van der Waals surface area contributed by atoms with Gasteiger partial charge in [0, 0.05) is 19.7 Å². The number of nitro benzene ring substituents is 2. The van der Waals surface area contributed by atoms with E-state index in [1.165, 1.54) is 19.2 Å². The van der Waals surface area contributed by atoms with Gasteiger partial charge in [-0.15, -0.1) is 0 Å². The first-order chi connectivity index (χ1) is 8.06. The minimum atomic E-state index is -0.675.